The largest absolute Gasteiger partial charge is 0.338 e. The number of aromatic nitrogens is 3. The van der Waals surface area contributed by atoms with Gasteiger partial charge in [0.05, 0.1) is 10.6 Å². The summed E-state index contributed by atoms with van der Waals surface area (Å²) in [5.41, 5.74) is 0.821. The zero-order valence-electron chi connectivity index (χ0n) is 15.9. The lowest BCUT2D eigenvalue weighted by Crippen LogP contribution is -2.29. The molecule has 1 amide bonds. The average Bonchev–Trinajstić information content (AvgIpc) is 3.32. The van der Waals surface area contributed by atoms with Crippen LogP contribution in [0.4, 0.5) is 15.3 Å². The summed E-state index contributed by atoms with van der Waals surface area (Å²) in [5, 5.41) is 3.93. The summed E-state index contributed by atoms with van der Waals surface area (Å²) in [6.07, 6.45) is 2.52. The Labute approximate surface area is 176 Å². The minimum Gasteiger partial charge on any atom is -0.338 e. The normalized spacial score (nSPS) is 16.3. The molecular weight excluding hydrogens is 413 g/mol. The van der Waals surface area contributed by atoms with E-state index in [1.165, 1.54) is 12.1 Å². The monoisotopic (exact) mass is 431 g/mol. The molecule has 0 unspecified atom stereocenters. The molecule has 150 valence electrons. The van der Waals surface area contributed by atoms with Crippen molar-refractivity contribution < 1.29 is 9.18 Å². The number of nitrogens with one attached hydrogen (secondary N) is 1. The molecule has 1 aliphatic rings. The number of carbonyl (C=O) groups excluding carboxylic acids is 1. The first-order valence-electron chi connectivity index (χ1n) is 9.19. The maximum Gasteiger partial charge on any atom is 0.256 e. The summed E-state index contributed by atoms with van der Waals surface area (Å²) in [6, 6.07) is 6.32. The molecule has 6 nitrogen and oxygen atoms in total. The van der Waals surface area contributed by atoms with Crippen molar-refractivity contribution in [2.75, 3.05) is 18.4 Å². The van der Waals surface area contributed by atoms with Crippen LogP contribution in [-0.4, -0.2) is 38.8 Å². The summed E-state index contributed by atoms with van der Waals surface area (Å²) in [5.74, 6) is 0.284. The first kappa shape index (κ1) is 19.7. The Bertz CT molecular complexity index is 1070. The van der Waals surface area contributed by atoms with Crippen LogP contribution in [0.1, 0.15) is 39.1 Å². The van der Waals surface area contributed by atoms with E-state index in [0.717, 1.165) is 15.7 Å². The number of hydrogen-bond acceptors (Lipinski definition) is 6. The number of aryl methyl sites for hydroxylation is 2. The minimum absolute atomic E-state index is 0.00944. The van der Waals surface area contributed by atoms with E-state index in [2.05, 4.69) is 20.3 Å². The third-order valence-corrected chi connectivity index (χ3v) is 5.87. The highest BCUT2D eigenvalue weighted by Crippen LogP contribution is 2.29. The van der Waals surface area contributed by atoms with Gasteiger partial charge in [-0.2, -0.15) is 0 Å². The Balaban J connectivity index is 1.51. The van der Waals surface area contributed by atoms with Gasteiger partial charge in [-0.25, -0.2) is 19.3 Å². The second-order valence-corrected chi connectivity index (χ2v) is 8.63. The van der Waals surface area contributed by atoms with Gasteiger partial charge in [-0.1, -0.05) is 17.7 Å². The van der Waals surface area contributed by atoms with Gasteiger partial charge in [0.15, 0.2) is 10.9 Å². The molecule has 0 spiro atoms. The van der Waals surface area contributed by atoms with Gasteiger partial charge in [0.25, 0.3) is 5.91 Å². The molecule has 29 heavy (non-hydrogen) atoms. The second kappa shape index (κ2) is 8.04. The number of nitrogens with zero attached hydrogens (tertiary/aromatic N) is 4. The summed E-state index contributed by atoms with van der Waals surface area (Å²) in [6.45, 7) is 4.85. The summed E-state index contributed by atoms with van der Waals surface area (Å²) >= 11 is 7.36. The van der Waals surface area contributed by atoms with Gasteiger partial charge in [-0.3, -0.25) is 4.79 Å². The van der Waals surface area contributed by atoms with E-state index in [9.17, 15) is 9.18 Å². The number of carbonyl (C=O) groups is 1. The Morgan fingerprint density at radius 3 is 2.93 bits per heavy atom. The van der Waals surface area contributed by atoms with Crippen molar-refractivity contribution in [1.82, 2.24) is 19.9 Å². The van der Waals surface area contributed by atoms with Crippen LogP contribution >= 0.6 is 22.9 Å². The number of halogens is 2. The lowest BCUT2D eigenvalue weighted by molar-refractivity contribution is 0.0786. The molecule has 0 aliphatic carbocycles. The summed E-state index contributed by atoms with van der Waals surface area (Å²) in [4.78, 5) is 29.0. The van der Waals surface area contributed by atoms with E-state index < -0.39 is 5.82 Å². The van der Waals surface area contributed by atoms with Crippen LogP contribution in [0.2, 0.25) is 5.02 Å². The average molecular weight is 432 g/mol. The molecular formula is C20H19ClFN5OS. The smallest absolute Gasteiger partial charge is 0.256 e. The molecule has 1 aromatic carbocycles. The molecule has 1 fully saturated rings. The van der Waals surface area contributed by atoms with Gasteiger partial charge in [-0.15, -0.1) is 11.3 Å². The zero-order chi connectivity index (χ0) is 20.5. The first-order valence-corrected chi connectivity index (χ1v) is 10.4. The van der Waals surface area contributed by atoms with E-state index in [4.69, 9.17) is 11.6 Å². The minimum atomic E-state index is -0.681. The summed E-state index contributed by atoms with van der Waals surface area (Å²) < 4.78 is 14.2. The fourth-order valence-corrected chi connectivity index (χ4v) is 4.20. The van der Waals surface area contributed by atoms with Crippen LogP contribution in [-0.2, 0) is 0 Å². The van der Waals surface area contributed by atoms with Crippen molar-refractivity contribution in [3.05, 3.63) is 63.3 Å². The number of likely N-dealkylation sites (tertiary alicyclic amines) is 1. The number of anilines is 2. The van der Waals surface area contributed by atoms with E-state index in [1.807, 2.05) is 19.9 Å². The summed E-state index contributed by atoms with van der Waals surface area (Å²) in [7, 11) is 0. The predicted molar refractivity (Wildman–Crippen MR) is 112 cm³/mol. The van der Waals surface area contributed by atoms with E-state index in [-0.39, 0.29) is 22.4 Å². The lowest BCUT2D eigenvalue weighted by atomic mass is 10.1. The molecule has 0 bridgehead atoms. The Kier molecular flexibility index (Phi) is 5.47. The topological polar surface area (TPSA) is 71.0 Å². The third-order valence-electron chi connectivity index (χ3n) is 4.75. The highest BCUT2D eigenvalue weighted by molar-refractivity contribution is 7.15. The van der Waals surface area contributed by atoms with Crippen molar-refractivity contribution in [3.63, 3.8) is 0 Å². The molecule has 1 atom stereocenters. The maximum atomic E-state index is 14.2. The van der Waals surface area contributed by atoms with Crippen molar-refractivity contribution in [2.24, 2.45) is 0 Å². The maximum absolute atomic E-state index is 14.2. The van der Waals surface area contributed by atoms with Crippen molar-refractivity contribution in [2.45, 2.75) is 26.2 Å². The number of rotatable bonds is 4. The first-order chi connectivity index (χ1) is 13.9. The van der Waals surface area contributed by atoms with Crippen LogP contribution < -0.4 is 5.32 Å². The van der Waals surface area contributed by atoms with Gasteiger partial charge in [0.1, 0.15) is 11.6 Å². The molecule has 2 aromatic heterocycles. The van der Waals surface area contributed by atoms with Crippen LogP contribution in [0.25, 0.3) is 0 Å². The second-order valence-electron chi connectivity index (χ2n) is 6.99. The van der Waals surface area contributed by atoms with E-state index in [1.54, 1.807) is 28.5 Å². The number of benzene rings is 1. The molecule has 0 saturated carbocycles. The van der Waals surface area contributed by atoms with Gasteiger partial charge >= 0.3 is 0 Å². The lowest BCUT2D eigenvalue weighted by Gasteiger charge is -2.17. The molecule has 3 aromatic rings. The molecule has 3 heterocycles. The Morgan fingerprint density at radius 2 is 2.17 bits per heavy atom. The van der Waals surface area contributed by atoms with Gasteiger partial charge in [0, 0.05) is 41.8 Å². The molecule has 4 rings (SSSR count). The highest BCUT2D eigenvalue weighted by Gasteiger charge is 2.31. The van der Waals surface area contributed by atoms with Crippen molar-refractivity contribution in [3.8, 4) is 0 Å². The predicted octanol–water partition coefficient (Wildman–Crippen LogP) is 4.72. The number of amides is 1. The Hall–Kier alpha value is -2.58. The fourth-order valence-electron chi connectivity index (χ4n) is 3.35. The van der Waals surface area contributed by atoms with E-state index in [0.29, 0.717) is 31.2 Å². The number of thiazole rings is 1. The molecule has 1 N–H and O–H groups in total. The molecule has 1 saturated heterocycles. The van der Waals surface area contributed by atoms with Gasteiger partial charge < -0.3 is 10.2 Å². The van der Waals surface area contributed by atoms with Crippen LogP contribution in [0.5, 0.6) is 0 Å². The molecule has 9 heteroatoms. The van der Waals surface area contributed by atoms with Crippen LogP contribution in [0.3, 0.4) is 0 Å². The zero-order valence-corrected chi connectivity index (χ0v) is 17.5. The van der Waals surface area contributed by atoms with Crippen molar-refractivity contribution >= 4 is 39.8 Å². The fraction of sp³-hybridized carbons (Fsp3) is 0.300. The van der Waals surface area contributed by atoms with E-state index >= 15 is 0 Å². The number of hydrogen-bond donors (Lipinski definition) is 1. The molecule has 1 aliphatic heterocycles. The Morgan fingerprint density at radius 1 is 1.34 bits per heavy atom. The van der Waals surface area contributed by atoms with Crippen LogP contribution in [0.15, 0.2) is 30.5 Å². The van der Waals surface area contributed by atoms with Gasteiger partial charge in [0.2, 0.25) is 0 Å². The third kappa shape index (κ3) is 4.23. The highest BCUT2D eigenvalue weighted by atomic mass is 35.5. The van der Waals surface area contributed by atoms with Gasteiger partial charge in [-0.05, 0) is 32.4 Å². The molecule has 0 radical (unpaired) electrons. The quantitative estimate of drug-likeness (QED) is 0.647. The standard InChI is InChI=1S/C20H19ClFN5OS/c1-11-8-16(26-20-23-9-12(2)29-20)25-18(24-11)13-6-7-27(10-13)19(28)14-4-3-5-15(21)17(14)22/h3-5,8-9,13H,6-7,10H2,1-2H3,(H,23,24,25,26)/t13-/m0/s1. The van der Waals surface area contributed by atoms with Crippen LogP contribution in [0, 0.1) is 19.7 Å². The SMILES string of the molecule is Cc1cc(Nc2ncc(C)s2)nc([C@H]2CCN(C(=O)c3cccc(Cl)c3F)C2)n1. The van der Waals surface area contributed by atoms with Crippen molar-refractivity contribution in [1.29, 1.82) is 0 Å².